The lowest BCUT2D eigenvalue weighted by atomic mass is 10.2. The van der Waals surface area contributed by atoms with Crippen molar-refractivity contribution in [3.05, 3.63) is 88.9 Å². The molecule has 180 valence electrons. The molecule has 0 saturated heterocycles. The summed E-state index contributed by atoms with van der Waals surface area (Å²) in [5.41, 5.74) is 1.65. The van der Waals surface area contributed by atoms with E-state index in [4.69, 9.17) is 21.1 Å². The number of carbonyl (C=O) groups is 4. The summed E-state index contributed by atoms with van der Waals surface area (Å²) in [6.07, 6.45) is 0. The zero-order chi connectivity index (χ0) is 25.2. The van der Waals surface area contributed by atoms with Crippen LogP contribution in [0.2, 0.25) is 5.02 Å². The van der Waals surface area contributed by atoms with Crippen molar-refractivity contribution >= 4 is 46.7 Å². The molecule has 0 aliphatic heterocycles. The lowest BCUT2D eigenvalue weighted by Gasteiger charge is -2.10. The summed E-state index contributed by atoms with van der Waals surface area (Å²) in [7, 11) is 1.51. The van der Waals surface area contributed by atoms with Crippen LogP contribution in [0.25, 0.3) is 0 Å². The van der Waals surface area contributed by atoms with E-state index in [-0.39, 0.29) is 5.91 Å². The number of esters is 1. The molecule has 3 rings (SSSR count). The van der Waals surface area contributed by atoms with Crippen molar-refractivity contribution in [1.82, 2.24) is 5.32 Å². The minimum atomic E-state index is -0.772. The van der Waals surface area contributed by atoms with Gasteiger partial charge in [0.25, 0.3) is 17.7 Å². The number of para-hydroxylation sites is 2. The maximum atomic E-state index is 12.5. The Morgan fingerprint density at radius 3 is 2.11 bits per heavy atom. The first-order valence-corrected chi connectivity index (χ1v) is 10.8. The van der Waals surface area contributed by atoms with Gasteiger partial charge in [0.05, 0.1) is 12.8 Å². The van der Waals surface area contributed by atoms with Crippen molar-refractivity contribution in [3.8, 4) is 5.75 Å². The first kappa shape index (κ1) is 25.3. The third-order valence-corrected chi connectivity index (χ3v) is 4.90. The predicted molar refractivity (Wildman–Crippen MR) is 131 cm³/mol. The number of methoxy groups -OCH3 is 1. The van der Waals surface area contributed by atoms with Gasteiger partial charge in [0.15, 0.2) is 6.61 Å². The van der Waals surface area contributed by atoms with Gasteiger partial charge < -0.3 is 25.4 Å². The molecular weight excluding hydrogens is 474 g/mol. The number of benzene rings is 3. The molecule has 0 atom stereocenters. The first-order chi connectivity index (χ1) is 16.9. The highest BCUT2D eigenvalue weighted by Crippen LogP contribution is 2.23. The molecule has 3 aromatic rings. The number of hydrogen-bond donors (Lipinski definition) is 3. The van der Waals surface area contributed by atoms with E-state index < -0.39 is 30.9 Å². The van der Waals surface area contributed by atoms with Gasteiger partial charge in [-0.15, -0.1) is 0 Å². The zero-order valence-electron chi connectivity index (χ0n) is 18.7. The maximum absolute atomic E-state index is 12.5. The van der Waals surface area contributed by atoms with Crippen molar-refractivity contribution in [1.29, 1.82) is 0 Å². The van der Waals surface area contributed by atoms with Gasteiger partial charge in [-0.25, -0.2) is 0 Å². The molecular formula is C25H22ClN3O6. The molecule has 0 aliphatic carbocycles. The molecule has 9 nitrogen and oxygen atoms in total. The fraction of sp³-hybridized carbons (Fsp3) is 0.120. The molecule has 0 aromatic heterocycles. The smallest absolute Gasteiger partial charge is 0.325 e. The number of anilines is 2. The predicted octanol–water partition coefficient (Wildman–Crippen LogP) is 3.51. The van der Waals surface area contributed by atoms with Crippen LogP contribution in [0.3, 0.4) is 0 Å². The van der Waals surface area contributed by atoms with Crippen LogP contribution in [-0.2, 0) is 14.3 Å². The highest BCUT2D eigenvalue weighted by Gasteiger charge is 2.12. The van der Waals surface area contributed by atoms with Crippen LogP contribution in [-0.4, -0.2) is 44.0 Å². The fourth-order valence-electron chi connectivity index (χ4n) is 2.90. The molecule has 35 heavy (non-hydrogen) atoms. The largest absolute Gasteiger partial charge is 0.495 e. The Hall–Kier alpha value is -4.37. The van der Waals surface area contributed by atoms with E-state index >= 15 is 0 Å². The van der Waals surface area contributed by atoms with Crippen LogP contribution in [0.4, 0.5) is 11.4 Å². The van der Waals surface area contributed by atoms with E-state index in [1.165, 1.54) is 19.2 Å². The summed E-state index contributed by atoms with van der Waals surface area (Å²) < 4.78 is 10.1. The lowest BCUT2D eigenvalue weighted by Crippen LogP contribution is -2.32. The molecule has 3 amide bonds. The number of nitrogens with one attached hydrogen (secondary N) is 3. The Morgan fingerprint density at radius 1 is 0.800 bits per heavy atom. The second-order valence-corrected chi connectivity index (χ2v) is 7.57. The van der Waals surface area contributed by atoms with E-state index in [2.05, 4.69) is 16.0 Å². The van der Waals surface area contributed by atoms with E-state index in [0.29, 0.717) is 33.3 Å². The third-order valence-electron chi connectivity index (χ3n) is 4.65. The molecule has 10 heteroatoms. The summed E-state index contributed by atoms with van der Waals surface area (Å²) in [6, 6.07) is 19.3. The number of carbonyl (C=O) groups excluding carboxylic acids is 4. The quantitative estimate of drug-likeness (QED) is 0.390. The number of hydrogen-bond acceptors (Lipinski definition) is 6. The van der Waals surface area contributed by atoms with Gasteiger partial charge in [-0.05, 0) is 60.7 Å². The van der Waals surface area contributed by atoms with E-state index in [1.54, 1.807) is 60.7 Å². The van der Waals surface area contributed by atoms with Crippen molar-refractivity contribution < 1.29 is 28.7 Å². The molecule has 0 radical (unpaired) electrons. The Balaban J connectivity index is 1.42. The van der Waals surface area contributed by atoms with Crippen LogP contribution in [0.15, 0.2) is 72.8 Å². The van der Waals surface area contributed by atoms with Crippen LogP contribution in [0, 0.1) is 0 Å². The van der Waals surface area contributed by atoms with Gasteiger partial charge in [-0.3, -0.25) is 19.2 Å². The van der Waals surface area contributed by atoms with Crippen LogP contribution in [0.5, 0.6) is 5.75 Å². The number of amides is 3. The summed E-state index contributed by atoms with van der Waals surface area (Å²) in [4.78, 5) is 48.3. The standard InChI is InChI=1S/C25H22ClN3O6/c1-34-21-5-3-2-4-20(21)29-25(33)17-8-12-19(13-9-17)28-22(30)15-35-23(31)14-27-24(32)16-6-10-18(26)11-7-16/h2-13H,14-15H2,1H3,(H,27,32)(H,28,30)(H,29,33). The molecule has 3 N–H and O–H groups in total. The van der Waals surface area contributed by atoms with Crippen molar-refractivity contribution in [3.63, 3.8) is 0 Å². The number of rotatable bonds is 9. The summed E-state index contributed by atoms with van der Waals surface area (Å²) in [5, 5.41) is 8.20. The van der Waals surface area contributed by atoms with Crippen LogP contribution in [0.1, 0.15) is 20.7 Å². The minimum absolute atomic E-state index is 0.333. The first-order valence-electron chi connectivity index (χ1n) is 10.4. The molecule has 0 fully saturated rings. The highest BCUT2D eigenvalue weighted by molar-refractivity contribution is 6.30. The van der Waals surface area contributed by atoms with E-state index in [0.717, 1.165) is 0 Å². The lowest BCUT2D eigenvalue weighted by molar-refractivity contribution is -0.146. The Labute approximate surface area is 206 Å². The fourth-order valence-corrected chi connectivity index (χ4v) is 3.02. The molecule has 0 aliphatic rings. The van der Waals surface area contributed by atoms with Gasteiger partial charge in [-0.1, -0.05) is 23.7 Å². The molecule has 3 aromatic carbocycles. The van der Waals surface area contributed by atoms with Gasteiger partial charge in [0.2, 0.25) is 0 Å². The van der Waals surface area contributed by atoms with Gasteiger partial charge in [0.1, 0.15) is 12.3 Å². The number of ether oxygens (including phenoxy) is 2. The molecule has 0 bridgehead atoms. The highest BCUT2D eigenvalue weighted by atomic mass is 35.5. The maximum Gasteiger partial charge on any atom is 0.325 e. The van der Waals surface area contributed by atoms with Gasteiger partial charge >= 0.3 is 5.97 Å². The normalized spacial score (nSPS) is 10.1. The molecule has 0 saturated carbocycles. The molecule has 0 spiro atoms. The third kappa shape index (κ3) is 7.58. The second-order valence-electron chi connectivity index (χ2n) is 7.13. The summed E-state index contributed by atoms with van der Waals surface area (Å²) >= 11 is 5.77. The Morgan fingerprint density at radius 2 is 1.43 bits per heavy atom. The average Bonchev–Trinajstić information content (AvgIpc) is 2.87. The monoisotopic (exact) mass is 495 g/mol. The van der Waals surface area contributed by atoms with E-state index in [1.807, 2.05) is 0 Å². The van der Waals surface area contributed by atoms with Crippen LogP contribution >= 0.6 is 11.6 Å². The molecule has 0 unspecified atom stereocenters. The SMILES string of the molecule is COc1ccccc1NC(=O)c1ccc(NC(=O)COC(=O)CNC(=O)c2ccc(Cl)cc2)cc1. The zero-order valence-corrected chi connectivity index (χ0v) is 19.4. The van der Waals surface area contributed by atoms with Gasteiger partial charge in [0, 0.05) is 21.8 Å². The van der Waals surface area contributed by atoms with Gasteiger partial charge in [-0.2, -0.15) is 0 Å². The summed E-state index contributed by atoms with van der Waals surface area (Å²) in [5.74, 6) is -1.64. The molecule has 0 heterocycles. The summed E-state index contributed by atoms with van der Waals surface area (Å²) in [6.45, 7) is -0.934. The van der Waals surface area contributed by atoms with Crippen LogP contribution < -0.4 is 20.7 Å². The van der Waals surface area contributed by atoms with E-state index in [9.17, 15) is 19.2 Å². The van der Waals surface area contributed by atoms with Crippen molar-refractivity contribution in [2.24, 2.45) is 0 Å². The van der Waals surface area contributed by atoms with Crippen molar-refractivity contribution in [2.45, 2.75) is 0 Å². The topological polar surface area (TPSA) is 123 Å². The van der Waals surface area contributed by atoms with Crippen molar-refractivity contribution in [2.75, 3.05) is 30.9 Å². The second kappa shape index (κ2) is 12.2. The minimum Gasteiger partial charge on any atom is -0.495 e. The average molecular weight is 496 g/mol. The number of halogens is 1. The Bertz CT molecular complexity index is 1210. The Kier molecular flexibility index (Phi) is 8.80.